The number of nitrogens with zero attached hydrogens (tertiary/aromatic N) is 1. The fourth-order valence-corrected chi connectivity index (χ4v) is 3.88. The summed E-state index contributed by atoms with van der Waals surface area (Å²) in [5, 5.41) is 0. The molecular formula is C18H18N2O5S. The zero-order chi connectivity index (χ0) is 18.7. The molecule has 136 valence electrons. The summed E-state index contributed by atoms with van der Waals surface area (Å²) in [6.07, 6.45) is 1.28. The van der Waals surface area contributed by atoms with Crippen LogP contribution in [0.1, 0.15) is 23.2 Å². The van der Waals surface area contributed by atoms with Crippen molar-refractivity contribution in [2.45, 2.75) is 17.7 Å². The molecule has 0 atom stereocenters. The van der Waals surface area contributed by atoms with Crippen LogP contribution in [0.4, 0.5) is 11.4 Å². The number of hydrogen-bond donors (Lipinski definition) is 1. The van der Waals surface area contributed by atoms with Crippen molar-refractivity contribution in [1.29, 1.82) is 0 Å². The van der Waals surface area contributed by atoms with Crippen molar-refractivity contribution in [2.75, 3.05) is 23.3 Å². The highest BCUT2D eigenvalue weighted by molar-refractivity contribution is 7.92. The van der Waals surface area contributed by atoms with Gasteiger partial charge in [-0.15, -0.1) is 0 Å². The molecule has 2 aromatic carbocycles. The quantitative estimate of drug-likeness (QED) is 0.811. The summed E-state index contributed by atoms with van der Waals surface area (Å²) in [6, 6.07) is 12.3. The van der Waals surface area contributed by atoms with E-state index in [1.807, 2.05) is 0 Å². The minimum Gasteiger partial charge on any atom is -0.465 e. The maximum absolute atomic E-state index is 12.6. The number of hydrogen-bond acceptors (Lipinski definition) is 5. The van der Waals surface area contributed by atoms with Crippen molar-refractivity contribution in [3.8, 4) is 0 Å². The first-order chi connectivity index (χ1) is 12.4. The van der Waals surface area contributed by atoms with Gasteiger partial charge < -0.3 is 9.64 Å². The maximum Gasteiger partial charge on any atom is 0.337 e. The third-order valence-electron chi connectivity index (χ3n) is 4.05. The van der Waals surface area contributed by atoms with E-state index in [2.05, 4.69) is 9.46 Å². The lowest BCUT2D eigenvalue weighted by atomic mass is 10.2. The number of amides is 1. The number of methoxy groups -OCH3 is 1. The number of nitrogens with one attached hydrogen (secondary N) is 1. The largest absolute Gasteiger partial charge is 0.465 e. The molecular weight excluding hydrogens is 356 g/mol. The molecule has 1 aliphatic rings. The van der Waals surface area contributed by atoms with Gasteiger partial charge in [-0.1, -0.05) is 12.1 Å². The molecule has 1 saturated heterocycles. The van der Waals surface area contributed by atoms with Gasteiger partial charge in [0.1, 0.15) is 0 Å². The van der Waals surface area contributed by atoms with Crippen molar-refractivity contribution >= 4 is 33.3 Å². The van der Waals surface area contributed by atoms with Gasteiger partial charge in [0.25, 0.3) is 10.0 Å². The molecule has 8 heteroatoms. The van der Waals surface area contributed by atoms with Crippen LogP contribution in [0.5, 0.6) is 0 Å². The lowest BCUT2D eigenvalue weighted by Crippen LogP contribution is -2.23. The number of carbonyl (C=O) groups is 2. The predicted octanol–water partition coefficient (Wildman–Crippen LogP) is 2.40. The topological polar surface area (TPSA) is 92.8 Å². The van der Waals surface area contributed by atoms with Crippen LogP contribution < -0.4 is 9.62 Å². The Morgan fingerprint density at radius 3 is 2.62 bits per heavy atom. The Bertz CT molecular complexity index is 956. The van der Waals surface area contributed by atoms with Gasteiger partial charge in [-0.2, -0.15) is 0 Å². The number of rotatable bonds is 5. The first-order valence-electron chi connectivity index (χ1n) is 8.02. The average molecular weight is 374 g/mol. The molecule has 7 nitrogen and oxygen atoms in total. The molecule has 0 aliphatic carbocycles. The molecule has 1 N–H and O–H groups in total. The predicted molar refractivity (Wildman–Crippen MR) is 96.6 cm³/mol. The summed E-state index contributed by atoms with van der Waals surface area (Å²) in [7, 11) is -2.66. The number of carbonyl (C=O) groups excluding carboxylic acids is 2. The molecule has 1 fully saturated rings. The number of ether oxygens (including phenoxy) is 1. The van der Waals surface area contributed by atoms with Crippen LogP contribution in [0.3, 0.4) is 0 Å². The highest BCUT2D eigenvalue weighted by Gasteiger charge is 2.22. The Morgan fingerprint density at radius 2 is 1.92 bits per heavy atom. The van der Waals surface area contributed by atoms with Gasteiger partial charge in [0.2, 0.25) is 5.91 Å². The summed E-state index contributed by atoms with van der Waals surface area (Å²) in [5.41, 5.74) is 1.13. The van der Waals surface area contributed by atoms with Crippen molar-refractivity contribution in [1.82, 2.24) is 0 Å². The average Bonchev–Trinajstić information content (AvgIpc) is 3.07. The molecule has 2 aromatic rings. The Morgan fingerprint density at radius 1 is 1.15 bits per heavy atom. The van der Waals surface area contributed by atoms with Gasteiger partial charge in [0.05, 0.1) is 23.3 Å². The lowest BCUT2D eigenvalue weighted by Gasteiger charge is -2.17. The zero-order valence-electron chi connectivity index (χ0n) is 14.1. The van der Waals surface area contributed by atoms with E-state index in [9.17, 15) is 18.0 Å². The standard InChI is InChI=1S/C18H18N2O5S/c1-25-18(22)13-5-2-8-16(11-13)26(23,24)19-14-6-3-7-15(12-14)20-10-4-9-17(20)21/h2-3,5-8,11-12,19H,4,9-10H2,1H3. The van der Waals surface area contributed by atoms with Crippen molar-refractivity contribution in [2.24, 2.45) is 0 Å². The van der Waals surface area contributed by atoms with Gasteiger partial charge >= 0.3 is 5.97 Å². The van der Waals surface area contributed by atoms with Crippen LogP contribution in [0.15, 0.2) is 53.4 Å². The smallest absolute Gasteiger partial charge is 0.337 e. The molecule has 0 saturated carbocycles. The van der Waals surface area contributed by atoms with Crippen LogP contribution in [0.25, 0.3) is 0 Å². The molecule has 1 amide bonds. The van der Waals surface area contributed by atoms with E-state index in [-0.39, 0.29) is 16.4 Å². The molecule has 0 spiro atoms. The molecule has 0 bridgehead atoms. The molecule has 0 aromatic heterocycles. The maximum atomic E-state index is 12.6. The number of benzene rings is 2. The molecule has 1 heterocycles. The van der Waals surface area contributed by atoms with Crippen LogP contribution in [-0.4, -0.2) is 33.9 Å². The molecule has 3 rings (SSSR count). The van der Waals surface area contributed by atoms with Crippen molar-refractivity contribution < 1.29 is 22.7 Å². The number of esters is 1. The second-order valence-electron chi connectivity index (χ2n) is 5.82. The molecule has 0 radical (unpaired) electrons. The summed E-state index contributed by atoms with van der Waals surface area (Å²) in [6.45, 7) is 0.621. The van der Waals surface area contributed by atoms with E-state index in [4.69, 9.17) is 0 Å². The third kappa shape index (κ3) is 3.70. The van der Waals surface area contributed by atoms with E-state index in [1.165, 1.54) is 31.4 Å². The van der Waals surface area contributed by atoms with Crippen LogP contribution >= 0.6 is 0 Å². The van der Waals surface area contributed by atoms with E-state index in [0.717, 1.165) is 6.42 Å². The number of anilines is 2. The van der Waals surface area contributed by atoms with E-state index >= 15 is 0 Å². The second kappa shape index (κ2) is 7.17. The molecule has 1 aliphatic heterocycles. The molecule has 0 unspecified atom stereocenters. The van der Waals surface area contributed by atoms with Gasteiger partial charge in [-0.3, -0.25) is 9.52 Å². The number of sulfonamides is 1. The van der Waals surface area contributed by atoms with Crippen LogP contribution in [0.2, 0.25) is 0 Å². The Balaban J connectivity index is 1.86. The minimum atomic E-state index is -3.89. The van der Waals surface area contributed by atoms with Gasteiger partial charge in [-0.05, 0) is 42.8 Å². The SMILES string of the molecule is COC(=O)c1cccc(S(=O)(=O)Nc2cccc(N3CCCC3=O)c2)c1. The summed E-state index contributed by atoms with van der Waals surface area (Å²) in [5.74, 6) is -0.590. The Labute approximate surface area is 151 Å². The summed E-state index contributed by atoms with van der Waals surface area (Å²) < 4.78 is 32.3. The monoisotopic (exact) mass is 374 g/mol. The third-order valence-corrected chi connectivity index (χ3v) is 5.43. The Kier molecular flexibility index (Phi) is 4.94. The second-order valence-corrected chi connectivity index (χ2v) is 7.51. The molecule has 26 heavy (non-hydrogen) atoms. The summed E-state index contributed by atoms with van der Waals surface area (Å²) >= 11 is 0. The van der Waals surface area contributed by atoms with Crippen LogP contribution in [-0.2, 0) is 19.6 Å². The van der Waals surface area contributed by atoms with Gasteiger partial charge in [0.15, 0.2) is 0 Å². The van der Waals surface area contributed by atoms with E-state index in [0.29, 0.717) is 24.3 Å². The highest BCUT2D eigenvalue weighted by Crippen LogP contribution is 2.26. The van der Waals surface area contributed by atoms with Gasteiger partial charge in [0, 0.05) is 18.7 Å². The van der Waals surface area contributed by atoms with E-state index < -0.39 is 16.0 Å². The van der Waals surface area contributed by atoms with Crippen LogP contribution in [0, 0.1) is 0 Å². The fraction of sp³-hybridized carbons (Fsp3) is 0.222. The normalized spacial score (nSPS) is 14.3. The Hall–Kier alpha value is -2.87. The first kappa shape index (κ1) is 17.9. The van der Waals surface area contributed by atoms with Crippen molar-refractivity contribution in [3.63, 3.8) is 0 Å². The summed E-state index contributed by atoms with van der Waals surface area (Å²) in [4.78, 5) is 25.0. The first-order valence-corrected chi connectivity index (χ1v) is 9.51. The van der Waals surface area contributed by atoms with E-state index in [1.54, 1.807) is 29.2 Å². The van der Waals surface area contributed by atoms with Crippen molar-refractivity contribution in [3.05, 3.63) is 54.1 Å². The fourth-order valence-electron chi connectivity index (χ4n) is 2.78. The zero-order valence-corrected chi connectivity index (χ0v) is 15.0. The minimum absolute atomic E-state index is 0.0239. The lowest BCUT2D eigenvalue weighted by molar-refractivity contribution is -0.117. The van der Waals surface area contributed by atoms with Gasteiger partial charge in [-0.25, -0.2) is 13.2 Å². The highest BCUT2D eigenvalue weighted by atomic mass is 32.2.